The zero-order valence-corrected chi connectivity index (χ0v) is 14.9. The lowest BCUT2D eigenvalue weighted by Gasteiger charge is -2.13. The highest BCUT2D eigenvalue weighted by atomic mass is 16.6. The quantitative estimate of drug-likeness (QED) is 0.237. The van der Waals surface area contributed by atoms with Crippen molar-refractivity contribution < 1.29 is 28.8 Å². The smallest absolute Gasteiger partial charge is 0.302 e. The van der Waals surface area contributed by atoms with Crippen molar-refractivity contribution in [3.05, 3.63) is 63.7 Å². The minimum Gasteiger partial charge on any atom is -0.466 e. The molecule has 0 bridgehead atoms. The summed E-state index contributed by atoms with van der Waals surface area (Å²) in [6.07, 6.45) is 0.335. The van der Waals surface area contributed by atoms with E-state index in [0.29, 0.717) is 6.42 Å². The van der Waals surface area contributed by atoms with Crippen LogP contribution in [0.4, 0.5) is 5.69 Å². The van der Waals surface area contributed by atoms with Gasteiger partial charge in [-0.25, -0.2) is 0 Å². The molecule has 0 saturated heterocycles. The van der Waals surface area contributed by atoms with Crippen LogP contribution >= 0.6 is 0 Å². The Morgan fingerprint density at radius 2 is 1.79 bits per heavy atom. The summed E-state index contributed by atoms with van der Waals surface area (Å²) in [5.74, 6) is -0.798. The van der Waals surface area contributed by atoms with Crippen LogP contribution in [0.5, 0.6) is 11.5 Å². The molecule has 1 aliphatic rings. The Kier molecular flexibility index (Phi) is 5.35. The first kappa shape index (κ1) is 19.0. The second kappa shape index (κ2) is 7.87. The van der Waals surface area contributed by atoms with Crippen molar-refractivity contribution in [3.8, 4) is 11.5 Å². The van der Waals surface area contributed by atoms with Gasteiger partial charge in [-0.1, -0.05) is 6.07 Å². The lowest BCUT2D eigenvalue weighted by atomic mass is 10.1. The molecule has 1 aliphatic heterocycles. The van der Waals surface area contributed by atoms with E-state index < -0.39 is 22.7 Å². The molecule has 0 unspecified atom stereocenters. The fourth-order valence-electron chi connectivity index (χ4n) is 2.77. The van der Waals surface area contributed by atoms with Crippen molar-refractivity contribution in [2.45, 2.75) is 13.3 Å². The van der Waals surface area contributed by atoms with Crippen LogP contribution in [0.15, 0.2) is 42.5 Å². The van der Waals surface area contributed by atoms with Gasteiger partial charge in [-0.2, -0.15) is 0 Å². The van der Waals surface area contributed by atoms with Gasteiger partial charge in [0.1, 0.15) is 11.5 Å². The average Bonchev–Trinajstić information content (AvgIpc) is 2.89. The number of esters is 1. The molecule has 2 amide bonds. The number of carbonyl (C=O) groups excluding carboxylic acids is 3. The Morgan fingerprint density at radius 1 is 1.07 bits per heavy atom. The second-order valence-corrected chi connectivity index (χ2v) is 6.02. The van der Waals surface area contributed by atoms with Crippen LogP contribution in [0.1, 0.15) is 34.1 Å². The normalized spacial score (nSPS) is 12.7. The van der Waals surface area contributed by atoms with Crippen LogP contribution in [-0.4, -0.2) is 40.8 Å². The summed E-state index contributed by atoms with van der Waals surface area (Å²) in [6, 6.07) is 10.1. The van der Waals surface area contributed by atoms with Crippen molar-refractivity contribution in [3.63, 3.8) is 0 Å². The predicted molar refractivity (Wildman–Crippen MR) is 96.2 cm³/mol. The summed E-state index contributed by atoms with van der Waals surface area (Å²) in [7, 11) is 0. The van der Waals surface area contributed by atoms with E-state index in [9.17, 15) is 24.5 Å². The SMILES string of the molecule is CC(=O)OCCCN1C(=O)c2ccc(Oc3cccc([N+](=O)[O-])c3)cc2C1=O. The van der Waals surface area contributed by atoms with Crippen molar-refractivity contribution in [2.75, 3.05) is 13.2 Å². The van der Waals surface area contributed by atoms with Gasteiger partial charge in [-0.3, -0.25) is 29.4 Å². The van der Waals surface area contributed by atoms with Gasteiger partial charge in [0.2, 0.25) is 0 Å². The van der Waals surface area contributed by atoms with Crippen molar-refractivity contribution in [2.24, 2.45) is 0 Å². The van der Waals surface area contributed by atoms with Crippen molar-refractivity contribution >= 4 is 23.5 Å². The van der Waals surface area contributed by atoms with Crippen LogP contribution < -0.4 is 4.74 Å². The Morgan fingerprint density at radius 3 is 2.50 bits per heavy atom. The maximum atomic E-state index is 12.5. The number of non-ortho nitro benzene ring substituents is 1. The van der Waals surface area contributed by atoms with Gasteiger partial charge in [-0.15, -0.1) is 0 Å². The van der Waals surface area contributed by atoms with E-state index in [1.165, 1.54) is 43.3 Å². The Labute approximate surface area is 159 Å². The summed E-state index contributed by atoms with van der Waals surface area (Å²) >= 11 is 0. The number of amides is 2. The highest BCUT2D eigenvalue weighted by molar-refractivity contribution is 6.21. The van der Waals surface area contributed by atoms with E-state index in [2.05, 4.69) is 0 Å². The summed E-state index contributed by atoms with van der Waals surface area (Å²) in [5.41, 5.74) is 0.327. The zero-order valence-electron chi connectivity index (χ0n) is 14.9. The van der Waals surface area contributed by atoms with E-state index in [1.807, 2.05) is 0 Å². The van der Waals surface area contributed by atoms with E-state index in [-0.39, 0.29) is 41.5 Å². The largest absolute Gasteiger partial charge is 0.466 e. The Balaban J connectivity index is 1.73. The van der Waals surface area contributed by atoms with Gasteiger partial charge in [0, 0.05) is 19.5 Å². The fraction of sp³-hybridized carbons (Fsp3) is 0.211. The van der Waals surface area contributed by atoms with E-state index in [1.54, 1.807) is 6.07 Å². The van der Waals surface area contributed by atoms with E-state index in [0.717, 1.165) is 4.90 Å². The molecule has 2 aromatic rings. The maximum absolute atomic E-state index is 12.5. The number of carbonyl (C=O) groups is 3. The maximum Gasteiger partial charge on any atom is 0.302 e. The van der Waals surface area contributed by atoms with Gasteiger partial charge in [0.05, 0.1) is 28.7 Å². The molecule has 144 valence electrons. The molecule has 28 heavy (non-hydrogen) atoms. The van der Waals surface area contributed by atoms with Crippen LogP contribution in [0.3, 0.4) is 0 Å². The number of fused-ring (bicyclic) bond motifs is 1. The highest BCUT2D eigenvalue weighted by Crippen LogP contribution is 2.30. The van der Waals surface area contributed by atoms with Crippen molar-refractivity contribution in [1.29, 1.82) is 0 Å². The number of nitrogens with zero attached hydrogens (tertiary/aromatic N) is 2. The third-order valence-corrected chi connectivity index (χ3v) is 4.04. The first-order valence-corrected chi connectivity index (χ1v) is 8.43. The van der Waals surface area contributed by atoms with Crippen LogP contribution in [0.2, 0.25) is 0 Å². The zero-order chi connectivity index (χ0) is 20.3. The number of ether oxygens (including phenoxy) is 2. The topological polar surface area (TPSA) is 116 Å². The number of benzene rings is 2. The number of hydrogen-bond donors (Lipinski definition) is 0. The molecule has 0 spiro atoms. The van der Waals surface area contributed by atoms with Gasteiger partial charge in [0.25, 0.3) is 17.5 Å². The summed E-state index contributed by atoms with van der Waals surface area (Å²) in [6.45, 7) is 1.52. The highest BCUT2D eigenvalue weighted by Gasteiger charge is 2.35. The molecule has 0 fully saturated rings. The number of hydrogen-bond acceptors (Lipinski definition) is 7. The lowest BCUT2D eigenvalue weighted by molar-refractivity contribution is -0.384. The monoisotopic (exact) mass is 384 g/mol. The standard InChI is InChI=1S/C19H16N2O7/c1-12(22)27-9-3-8-20-18(23)16-7-6-15(11-17(16)19(20)24)28-14-5-2-4-13(10-14)21(25)26/h2,4-7,10-11H,3,8-9H2,1H3. The lowest BCUT2D eigenvalue weighted by Crippen LogP contribution is -2.31. The molecule has 0 N–H and O–H groups in total. The van der Waals surface area contributed by atoms with Gasteiger partial charge in [0.15, 0.2) is 0 Å². The first-order valence-electron chi connectivity index (χ1n) is 8.43. The van der Waals surface area contributed by atoms with Crippen LogP contribution in [0.25, 0.3) is 0 Å². The number of imide groups is 1. The molecule has 9 heteroatoms. The molecule has 0 saturated carbocycles. The second-order valence-electron chi connectivity index (χ2n) is 6.02. The van der Waals surface area contributed by atoms with Crippen LogP contribution in [0, 0.1) is 10.1 Å². The molecular formula is C19H16N2O7. The Bertz CT molecular complexity index is 971. The molecule has 3 rings (SSSR count). The predicted octanol–water partition coefficient (Wildman–Crippen LogP) is 2.94. The minimum atomic E-state index is -0.536. The molecule has 0 aliphatic carbocycles. The third-order valence-electron chi connectivity index (χ3n) is 4.04. The van der Waals surface area contributed by atoms with Gasteiger partial charge < -0.3 is 9.47 Å². The molecular weight excluding hydrogens is 368 g/mol. The molecule has 0 aromatic heterocycles. The molecule has 2 aromatic carbocycles. The fourth-order valence-corrected chi connectivity index (χ4v) is 2.77. The summed E-state index contributed by atoms with van der Waals surface area (Å²) in [4.78, 5) is 47.1. The average molecular weight is 384 g/mol. The van der Waals surface area contributed by atoms with E-state index >= 15 is 0 Å². The Hall–Kier alpha value is -3.75. The van der Waals surface area contributed by atoms with Gasteiger partial charge >= 0.3 is 5.97 Å². The van der Waals surface area contributed by atoms with E-state index in [4.69, 9.17) is 9.47 Å². The number of nitro groups is 1. The van der Waals surface area contributed by atoms with Crippen LogP contribution in [-0.2, 0) is 9.53 Å². The number of nitro benzene ring substituents is 1. The summed E-state index contributed by atoms with van der Waals surface area (Å²) in [5, 5.41) is 10.9. The molecule has 9 nitrogen and oxygen atoms in total. The molecule has 0 atom stereocenters. The third kappa shape index (κ3) is 3.98. The van der Waals surface area contributed by atoms with Crippen molar-refractivity contribution in [1.82, 2.24) is 4.90 Å². The minimum absolute atomic E-state index is 0.115. The number of rotatable bonds is 7. The first-order chi connectivity index (χ1) is 13.4. The molecule has 1 heterocycles. The molecule has 0 radical (unpaired) electrons. The summed E-state index contributed by atoms with van der Waals surface area (Å²) < 4.78 is 10.4. The van der Waals surface area contributed by atoms with Gasteiger partial charge in [-0.05, 0) is 30.7 Å².